The van der Waals surface area contributed by atoms with Crippen molar-refractivity contribution in [3.63, 3.8) is 0 Å². The molecule has 0 saturated carbocycles. The van der Waals surface area contributed by atoms with Crippen LogP contribution in [-0.4, -0.2) is 35.2 Å². The molecule has 2 N–H and O–H groups in total. The van der Waals surface area contributed by atoms with Crippen molar-refractivity contribution >= 4 is 11.9 Å². The lowest BCUT2D eigenvalue weighted by molar-refractivity contribution is -0.149. The number of carboxylic acid groups (broad SMARTS) is 1. The van der Waals surface area contributed by atoms with Crippen molar-refractivity contribution in [2.75, 3.05) is 6.61 Å². The Kier molecular flexibility index (Phi) is 6.50. The quantitative estimate of drug-likeness (QED) is 0.498. The Hall–Kier alpha value is -1.36. The van der Waals surface area contributed by atoms with E-state index < -0.39 is 23.5 Å². The molecule has 0 fully saturated rings. The van der Waals surface area contributed by atoms with Crippen molar-refractivity contribution in [3.05, 3.63) is 12.7 Å². The van der Waals surface area contributed by atoms with Crippen LogP contribution in [0.3, 0.4) is 0 Å². The van der Waals surface area contributed by atoms with Gasteiger partial charge in [0.05, 0.1) is 6.61 Å². The molecule has 0 heterocycles. The lowest BCUT2D eigenvalue weighted by atomic mass is 9.99. The van der Waals surface area contributed by atoms with E-state index in [1.807, 2.05) is 0 Å². The molecule has 0 aliphatic carbocycles. The van der Waals surface area contributed by atoms with E-state index in [9.17, 15) is 9.59 Å². The van der Waals surface area contributed by atoms with Gasteiger partial charge >= 0.3 is 5.97 Å². The fraction of sp³-hybridized carbons (Fsp3) is 0.667. The second-order valence-electron chi connectivity index (χ2n) is 4.07. The third-order valence-electron chi connectivity index (χ3n) is 2.64. The summed E-state index contributed by atoms with van der Waals surface area (Å²) in [6.07, 6.45) is 1.99. The molecule has 0 spiro atoms. The number of carbonyl (C=O) groups excluding carboxylic acids is 1. The number of carboxylic acids is 1. The van der Waals surface area contributed by atoms with Crippen molar-refractivity contribution in [3.8, 4) is 0 Å². The van der Waals surface area contributed by atoms with Gasteiger partial charge in [-0.25, -0.2) is 4.79 Å². The van der Waals surface area contributed by atoms with Crippen LogP contribution in [0.5, 0.6) is 0 Å². The molecular formula is C12H21NO4. The third-order valence-corrected chi connectivity index (χ3v) is 2.64. The highest BCUT2D eigenvalue weighted by Crippen LogP contribution is 2.10. The zero-order valence-corrected chi connectivity index (χ0v) is 10.7. The molecular weight excluding hydrogens is 222 g/mol. The number of aliphatic carboxylic acids is 1. The monoisotopic (exact) mass is 243 g/mol. The summed E-state index contributed by atoms with van der Waals surface area (Å²) >= 11 is 0. The molecule has 0 aromatic heterocycles. The van der Waals surface area contributed by atoms with E-state index in [4.69, 9.17) is 9.84 Å². The lowest BCUT2D eigenvalue weighted by Crippen LogP contribution is -2.54. The molecule has 0 aromatic carbocycles. The van der Waals surface area contributed by atoms with Gasteiger partial charge in [-0.15, -0.1) is 6.58 Å². The van der Waals surface area contributed by atoms with E-state index in [1.165, 1.54) is 6.92 Å². The molecule has 2 unspecified atom stereocenters. The number of nitrogens with one attached hydrogen (secondary N) is 1. The van der Waals surface area contributed by atoms with Crippen molar-refractivity contribution in [1.29, 1.82) is 0 Å². The third kappa shape index (κ3) is 4.99. The SMILES string of the molecule is C=CCCOC(C)C(=O)NC(C)(CC)C(=O)O. The zero-order chi connectivity index (χ0) is 13.5. The topological polar surface area (TPSA) is 75.6 Å². The fourth-order valence-corrected chi connectivity index (χ4v) is 1.07. The molecule has 0 aliphatic rings. The average molecular weight is 243 g/mol. The predicted octanol–water partition coefficient (Wildman–Crippen LogP) is 1.34. The van der Waals surface area contributed by atoms with Crippen LogP contribution in [0.25, 0.3) is 0 Å². The molecule has 98 valence electrons. The Morgan fingerprint density at radius 2 is 2.18 bits per heavy atom. The van der Waals surface area contributed by atoms with Crippen molar-refractivity contribution in [2.24, 2.45) is 0 Å². The van der Waals surface area contributed by atoms with Crippen LogP contribution in [-0.2, 0) is 14.3 Å². The molecule has 0 radical (unpaired) electrons. The molecule has 2 atom stereocenters. The highest BCUT2D eigenvalue weighted by Gasteiger charge is 2.34. The van der Waals surface area contributed by atoms with E-state index in [0.29, 0.717) is 19.4 Å². The van der Waals surface area contributed by atoms with Gasteiger partial charge in [-0.1, -0.05) is 13.0 Å². The van der Waals surface area contributed by atoms with Crippen LogP contribution < -0.4 is 5.32 Å². The average Bonchev–Trinajstić information content (AvgIpc) is 2.28. The number of amides is 1. The largest absolute Gasteiger partial charge is 0.480 e. The number of ether oxygens (including phenoxy) is 1. The molecule has 0 rings (SSSR count). The first-order chi connectivity index (χ1) is 7.87. The summed E-state index contributed by atoms with van der Waals surface area (Å²) in [6, 6.07) is 0. The summed E-state index contributed by atoms with van der Waals surface area (Å²) in [5, 5.41) is 11.5. The van der Waals surface area contributed by atoms with Crippen LogP contribution in [0.15, 0.2) is 12.7 Å². The van der Waals surface area contributed by atoms with Gasteiger partial charge in [-0.05, 0) is 26.7 Å². The van der Waals surface area contributed by atoms with Crippen LogP contribution in [0.4, 0.5) is 0 Å². The molecule has 5 nitrogen and oxygen atoms in total. The normalized spacial score (nSPS) is 15.7. The Morgan fingerprint density at radius 3 is 2.59 bits per heavy atom. The molecule has 1 amide bonds. The number of rotatable bonds is 8. The number of hydrogen-bond acceptors (Lipinski definition) is 3. The first kappa shape index (κ1) is 15.6. The molecule has 17 heavy (non-hydrogen) atoms. The van der Waals surface area contributed by atoms with Crippen LogP contribution in [0.1, 0.15) is 33.6 Å². The van der Waals surface area contributed by atoms with Crippen LogP contribution in [0.2, 0.25) is 0 Å². The Bertz CT molecular complexity index is 290. The first-order valence-corrected chi connectivity index (χ1v) is 5.65. The van der Waals surface area contributed by atoms with Crippen molar-refractivity contribution in [2.45, 2.75) is 45.3 Å². The summed E-state index contributed by atoms with van der Waals surface area (Å²) in [5.74, 6) is -1.47. The van der Waals surface area contributed by atoms with Gasteiger partial charge in [0.2, 0.25) is 5.91 Å². The van der Waals surface area contributed by atoms with E-state index >= 15 is 0 Å². The Balaban J connectivity index is 4.31. The van der Waals surface area contributed by atoms with Gasteiger partial charge in [0, 0.05) is 0 Å². The van der Waals surface area contributed by atoms with Gasteiger partial charge in [0.15, 0.2) is 0 Å². The van der Waals surface area contributed by atoms with Gasteiger partial charge in [-0.2, -0.15) is 0 Å². The van der Waals surface area contributed by atoms with Crippen molar-refractivity contribution in [1.82, 2.24) is 5.32 Å². The molecule has 0 saturated heterocycles. The van der Waals surface area contributed by atoms with Gasteiger partial charge in [-0.3, -0.25) is 4.79 Å². The molecule has 0 bridgehead atoms. The Labute approximate surface area is 102 Å². The predicted molar refractivity (Wildman–Crippen MR) is 64.7 cm³/mol. The minimum Gasteiger partial charge on any atom is -0.480 e. The summed E-state index contributed by atoms with van der Waals surface area (Å²) in [5.41, 5.74) is -1.24. The summed E-state index contributed by atoms with van der Waals surface area (Å²) in [6.45, 7) is 8.71. The van der Waals surface area contributed by atoms with Crippen molar-refractivity contribution < 1.29 is 19.4 Å². The molecule has 5 heteroatoms. The van der Waals surface area contributed by atoms with E-state index in [0.717, 1.165) is 0 Å². The maximum absolute atomic E-state index is 11.7. The second-order valence-corrected chi connectivity index (χ2v) is 4.07. The smallest absolute Gasteiger partial charge is 0.329 e. The first-order valence-electron chi connectivity index (χ1n) is 5.65. The maximum Gasteiger partial charge on any atom is 0.329 e. The van der Waals surface area contributed by atoms with E-state index in [2.05, 4.69) is 11.9 Å². The van der Waals surface area contributed by atoms with Crippen LogP contribution >= 0.6 is 0 Å². The second kappa shape index (κ2) is 7.06. The van der Waals surface area contributed by atoms with E-state index in [1.54, 1.807) is 19.9 Å². The fourth-order valence-electron chi connectivity index (χ4n) is 1.07. The summed E-state index contributed by atoms with van der Waals surface area (Å²) < 4.78 is 5.24. The minimum atomic E-state index is -1.24. The van der Waals surface area contributed by atoms with Gasteiger partial charge < -0.3 is 15.2 Å². The zero-order valence-electron chi connectivity index (χ0n) is 10.7. The van der Waals surface area contributed by atoms with Gasteiger partial charge in [0.1, 0.15) is 11.6 Å². The van der Waals surface area contributed by atoms with Gasteiger partial charge in [0.25, 0.3) is 0 Å². The highest BCUT2D eigenvalue weighted by atomic mass is 16.5. The standard InChI is InChI=1S/C12H21NO4/c1-5-7-8-17-9(3)10(14)13-12(4,6-2)11(15)16/h5,9H,1,6-8H2,2-4H3,(H,13,14)(H,15,16). The number of carbonyl (C=O) groups is 2. The van der Waals surface area contributed by atoms with Crippen LogP contribution in [0, 0.1) is 0 Å². The molecule has 0 aromatic rings. The summed E-state index contributed by atoms with van der Waals surface area (Å²) in [7, 11) is 0. The minimum absolute atomic E-state index is 0.313. The lowest BCUT2D eigenvalue weighted by Gasteiger charge is -2.26. The molecule has 0 aliphatic heterocycles. The Morgan fingerprint density at radius 1 is 1.59 bits per heavy atom. The maximum atomic E-state index is 11.7. The highest BCUT2D eigenvalue weighted by molar-refractivity contribution is 5.88. The number of hydrogen-bond donors (Lipinski definition) is 2. The van der Waals surface area contributed by atoms with E-state index in [-0.39, 0.29) is 0 Å². The summed E-state index contributed by atoms with van der Waals surface area (Å²) in [4.78, 5) is 22.7.